The number of aliphatic hydroxyl groups is 1. The zero-order valence-electron chi connectivity index (χ0n) is 14.5. The van der Waals surface area contributed by atoms with Crippen LogP contribution in [0.15, 0.2) is 18.5 Å². The van der Waals surface area contributed by atoms with Crippen molar-refractivity contribution < 1.29 is 19.4 Å². The second-order valence-corrected chi connectivity index (χ2v) is 7.37. The minimum Gasteiger partial charge on any atom is -0.389 e. The van der Waals surface area contributed by atoms with Crippen molar-refractivity contribution in [1.29, 1.82) is 0 Å². The standard InChI is InChI=1S/C18H27N3O4/c22-15(10-14-2-7-19-12-14)21-17(5-8-25-9-6-17)13-20-16(23)11-18(24)3-1-4-18/h2,7,12,19,24H,1,3-6,8-11,13H2,(H,20,23)(H,21,22). The van der Waals surface area contributed by atoms with E-state index in [1.54, 1.807) is 12.4 Å². The number of carbonyl (C=O) groups is 2. The Balaban J connectivity index is 1.54. The Kier molecular flexibility index (Phi) is 5.44. The highest BCUT2D eigenvalue weighted by Gasteiger charge is 2.38. The van der Waals surface area contributed by atoms with Gasteiger partial charge >= 0.3 is 0 Å². The highest BCUT2D eigenvalue weighted by Crippen LogP contribution is 2.34. The van der Waals surface area contributed by atoms with Crippen molar-refractivity contribution in [3.05, 3.63) is 24.0 Å². The molecule has 2 fully saturated rings. The second kappa shape index (κ2) is 7.58. The third-order valence-corrected chi connectivity index (χ3v) is 5.28. The lowest BCUT2D eigenvalue weighted by Crippen LogP contribution is -2.59. The summed E-state index contributed by atoms with van der Waals surface area (Å²) in [5.41, 5.74) is -0.385. The lowest BCUT2D eigenvalue weighted by atomic mass is 9.77. The van der Waals surface area contributed by atoms with Crippen molar-refractivity contribution in [1.82, 2.24) is 15.6 Å². The van der Waals surface area contributed by atoms with Gasteiger partial charge in [0.05, 0.1) is 24.0 Å². The molecule has 3 rings (SSSR count). The van der Waals surface area contributed by atoms with Crippen LogP contribution in [-0.4, -0.2) is 52.8 Å². The van der Waals surface area contributed by atoms with Gasteiger partial charge in [-0.1, -0.05) is 0 Å². The van der Waals surface area contributed by atoms with Crippen molar-refractivity contribution in [3.63, 3.8) is 0 Å². The van der Waals surface area contributed by atoms with Gasteiger partial charge in [0.25, 0.3) is 0 Å². The minimum atomic E-state index is -0.829. The number of hydrogen-bond donors (Lipinski definition) is 4. The maximum atomic E-state index is 12.4. The number of ether oxygens (including phenoxy) is 1. The molecule has 0 radical (unpaired) electrons. The highest BCUT2D eigenvalue weighted by molar-refractivity contribution is 5.80. The molecule has 0 unspecified atom stereocenters. The smallest absolute Gasteiger partial charge is 0.224 e. The molecule has 0 bridgehead atoms. The van der Waals surface area contributed by atoms with Crippen LogP contribution in [-0.2, 0) is 20.7 Å². The molecule has 1 aliphatic carbocycles. The van der Waals surface area contributed by atoms with Crippen molar-refractivity contribution in [2.75, 3.05) is 19.8 Å². The summed E-state index contributed by atoms with van der Waals surface area (Å²) in [6, 6.07) is 1.87. The van der Waals surface area contributed by atoms with Crippen molar-refractivity contribution in [2.45, 2.75) is 56.1 Å². The average Bonchev–Trinajstić information content (AvgIpc) is 3.05. The topological polar surface area (TPSA) is 103 Å². The molecule has 2 aliphatic rings. The molecule has 1 aromatic heterocycles. The number of aromatic amines is 1. The third-order valence-electron chi connectivity index (χ3n) is 5.28. The predicted octanol–water partition coefficient (Wildman–Crippen LogP) is 0.644. The summed E-state index contributed by atoms with van der Waals surface area (Å²) >= 11 is 0. The number of amides is 2. The summed E-state index contributed by atoms with van der Waals surface area (Å²) in [4.78, 5) is 27.5. The Labute approximate surface area is 147 Å². The van der Waals surface area contributed by atoms with Gasteiger partial charge in [-0.3, -0.25) is 9.59 Å². The largest absolute Gasteiger partial charge is 0.389 e. The molecule has 1 saturated heterocycles. The van der Waals surface area contributed by atoms with E-state index in [1.807, 2.05) is 6.07 Å². The van der Waals surface area contributed by atoms with Crippen LogP contribution in [0, 0.1) is 0 Å². The molecule has 2 amide bonds. The van der Waals surface area contributed by atoms with E-state index in [2.05, 4.69) is 15.6 Å². The zero-order valence-corrected chi connectivity index (χ0v) is 14.5. The summed E-state index contributed by atoms with van der Waals surface area (Å²) in [5.74, 6) is -0.221. The van der Waals surface area contributed by atoms with Crippen LogP contribution in [0.5, 0.6) is 0 Å². The third kappa shape index (κ3) is 4.83. The molecule has 0 atom stereocenters. The normalized spacial score (nSPS) is 21.2. The van der Waals surface area contributed by atoms with Crippen molar-refractivity contribution in [3.8, 4) is 0 Å². The lowest BCUT2D eigenvalue weighted by molar-refractivity contribution is -0.132. The van der Waals surface area contributed by atoms with E-state index < -0.39 is 11.1 Å². The Bertz CT molecular complexity index is 589. The predicted molar refractivity (Wildman–Crippen MR) is 91.9 cm³/mol. The molecule has 1 saturated carbocycles. The molecule has 2 heterocycles. The number of nitrogens with one attached hydrogen (secondary N) is 3. The maximum Gasteiger partial charge on any atom is 0.224 e. The fourth-order valence-electron chi connectivity index (χ4n) is 3.49. The van der Waals surface area contributed by atoms with Gasteiger partial charge in [0, 0.05) is 32.2 Å². The molecule has 138 valence electrons. The molecule has 0 spiro atoms. The first-order valence-electron chi connectivity index (χ1n) is 8.98. The Morgan fingerprint density at radius 3 is 2.56 bits per heavy atom. The van der Waals surface area contributed by atoms with Gasteiger partial charge in [0.15, 0.2) is 0 Å². The first kappa shape index (κ1) is 17.9. The summed E-state index contributed by atoms with van der Waals surface area (Å²) in [6.45, 7) is 1.48. The van der Waals surface area contributed by atoms with Gasteiger partial charge in [-0.05, 0) is 43.7 Å². The number of H-pyrrole nitrogens is 1. The fourth-order valence-corrected chi connectivity index (χ4v) is 3.49. The van der Waals surface area contributed by atoms with Crippen LogP contribution in [0.4, 0.5) is 0 Å². The van der Waals surface area contributed by atoms with E-state index >= 15 is 0 Å². The molecule has 0 aromatic carbocycles. The van der Waals surface area contributed by atoms with Gasteiger partial charge in [-0.2, -0.15) is 0 Å². The van der Waals surface area contributed by atoms with E-state index in [4.69, 9.17) is 4.74 Å². The number of rotatable bonds is 7. The van der Waals surface area contributed by atoms with E-state index in [9.17, 15) is 14.7 Å². The van der Waals surface area contributed by atoms with Crippen molar-refractivity contribution in [2.24, 2.45) is 0 Å². The second-order valence-electron chi connectivity index (χ2n) is 7.37. The van der Waals surface area contributed by atoms with Crippen LogP contribution in [0.2, 0.25) is 0 Å². The van der Waals surface area contributed by atoms with E-state index in [0.29, 0.717) is 51.9 Å². The molecule has 25 heavy (non-hydrogen) atoms. The number of hydrogen-bond acceptors (Lipinski definition) is 4. The van der Waals surface area contributed by atoms with Crippen LogP contribution >= 0.6 is 0 Å². The van der Waals surface area contributed by atoms with Crippen molar-refractivity contribution >= 4 is 11.8 Å². The Morgan fingerprint density at radius 2 is 1.96 bits per heavy atom. The van der Waals surface area contributed by atoms with E-state index in [0.717, 1.165) is 12.0 Å². The van der Waals surface area contributed by atoms with Crippen LogP contribution in [0.1, 0.15) is 44.1 Å². The molecular formula is C18H27N3O4. The summed E-state index contributed by atoms with van der Waals surface area (Å²) < 4.78 is 5.42. The molecule has 4 N–H and O–H groups in total. The zero-order chi connectivity index (χ0) is 17.8. The first-order chi connectivity index (χ1) is 12.0. The summed E-state index contributed by atoms with van der Waals surface area (Å²) in [6.07, 6.45) is 7.71. The van der Waals surface area contributed by atoms with Gasteiger partial charge in [0.2, 0.25) is 11.8 Å². The molecule has 7 nitrogen and oxygen atoms in total. The van der Waals surface area contributed by atoms with Gasteiger partial charge < -0.3 is 25.5 Å². The van der Waals surface area contributed by atoms with E-state index in [1.165, 1.54) is 0 Å². The lowest BCUT2D eigenvalue weighted by Gasteiger charge is -2.39. The monoisotopic (exact) mass is 349 g/mol. The van der Waals surface area contributed by atoms with E-state index in [-0.39, 0.29) is 18.2 Å². The quantitative estimate of drug-likeness (QED) is 0.580. The summed E-state index contributed by atoms with van der Waals surface area (Å²) in [5, 5.41) is 16.1. The van der Waals surface area contributed by atoms with Gasteiger partial charge in [-0.25, -0.2) is 0 Å². The summed E-state index contributed by atoms with van der Waals surface area (Å²) in [7, 11) is 0. The Hall–Kier alpha value is -1.86. The molecular weight excluding hydrogens is 322 g/mol. The van der Waals surface area contributed by atoms with Gasteiger partial charge in [0.1, 0.15) is 0 Å². The Morgan fingerprint density at radius 1 is 1.20 bits per heavy atom. The van der Waals surface area contributed by atoms with Crippen LogP contribution in [0.3, 0.4) is 0 Å². The van der Waals surface area contributed by atoms with Gasteiger partial charge in [-0.15, -0.1) is 0 Å². The fraction of sp³-hybridized carbons (Fsp3) is 0.667. The number of aromatic nitrogens is 1. The minimum absolute atomic E-state index is 0.0617. The first-order valence-corrected chi connectivity index (χ1v) is 8.98. The number of carbonyl (C=O) groups excluding carboxylic acids is 2. The average molecular weight is 349 g/mol. The molecule has 1 aliphatic heterocycles. The highest BCUT2D eigenvalue weighted by atomic mass is 16.5. The SMILES string of the molecule is O=C(CC1(O)CCC1)NCC1(NC(=O)Cc2cc[nH]c2)CCOCC1. The maximum absolute atomic E-state index is 12.4. The molecule has 1 aromatic rings. The van der Waals surface area contributed by atoms with Crippen LogP contribution in [0.25, 0.3) is 0 Å². The van der Waals surface area contributed by atoms with Crippen LogP contribution < -0.4 is 10.6 Å². The molecule has 7 heteroatoms.